The standard InChI is InChI=1S/C17H26N2O5S/c1-4-5-13(2)17(20)18-14-6-7-15(23-3)16(12-14)25(21,22)19-8-10-24-11-9-19/h6-7,12-13H,4-5,8-11H2,1-3H3,(H,18,20)/t13-/m0/s1. The van der Waals surface area contributed by atoms with Crippen LogP contribution >= 0.6 is 0 Å². The van der Waals surface area contributed by atoms with Crippen LogP contribution in [0.3, 0.4) is 0 Å². The topological polar surface area (TPSA) is 84.9 Å². The van der Waals surface area contributed by atoms with Crippen LogP contribution in [0.2, 0.25) is 0 Å². The van der Waals surface area contributed by atoms with Gasteiger partial charge in [0.1, 0.15) is 10.6 Å². The molecule has 1 saturated heterocycles. The van der Waals surface area contributed by atoms with Gasteiger partial charge < -0.3 is 14.8 Å². The number of hydrogen-bond acceptors (Lipinski definition) is 5. The fourth-order valence-electron chi connectivity index (χ4n) is 2.71. The minimum Gasteiger partial charge on any atom is -0.495 e. The van der Waals surface area contributed by atoms with Crippen molar-refractivity contribution in [2.45, 2.75) is 31.6 Å². The second kappa shape index (κ2) is 8.64. The molecule has 1 fully saturated rings. The van der Waals surface area contributed by atoms with Gasteiger partial charge in [-0.05, 0) is 24.6 Å². The molecule has 1 aromatic carbocycles. The number of ether oxygens (including phenoxy) is 2. The molecule has 1 aliphatic heterocycles. The number of benzene rings is 1. The van der Waals surface area contributed by atoms with E-state index in [1.54, 1.807) is 12.1 Å². The van der Waals surface area contributed by atoms with Gasteiger partial charge >= 0.3 is 0 Å². The van der Waals surface area contributed by atoms with Gasteiger partial charge in [0, 0.05) is 24.7 Å². The van der Waals surface area contributed by atoms with Crippen molar-refractivity contribution in [3.05, 3.63) is 18.2 Å². The summed E-state index contributed by atoms with van der Waals surface area (Å²) in [6.07, 6.45) is 1.69. The third kappa shape index (κ3) is 4.71. The highest BCUT2D eigenvalue weighted by Crippen LogP contribution is 2.30. The molecule has 0 spiro atoms. The van der Waals surface area contributed by atoms with Crippen molar-refractivity contribution in [2.75, 3.05) is 38.7 Å². The number of hydrogen-bond donors (Lipinski definition) is 1. The van der Waals surface area contributed by atoms with Crippen LogP contribution in [0.4, 0.5) is 5.69 Å². The molecule has 0 radical (unpaired) electrons. The van der Waals surface area contributed by atoms with E-state index >= 15 is 0 Å². The Labute approximate surface area is 149 Å². The van der Waals surface area contributed by atoms with Crippen molar-refractivity contribution in [1.82, 2.24) is 4.31 Å². The Morgan fingerprint density at radius 2 is 2.04 bits per heavy atom. The minimum absolute atomic E-state index is 0.0536. The number of nitrogens with zero attached hydrogens (tertiary/aromatic N) is 1. The summed E-state index contributed by atoms with van der Waals surface area (Å²) in [6, 6.07) is 4.67. The van der Waals surface area contributed by atoms with Gasteiger partial charge in [-0.3, -0.25) is 4.79 Å². The van der Waals surface area contributed by atoms with E-state index in [9.17, 15) is 13.2 Å². The van der Waals surface area contributed by atoms with E-state index < -0.39 is 10.0 Å². The lowest BCUT2D eigenvalue weighted by Crippen LogP contribution is -2.40. The average Bonchev–Trinajstić information content (AvgIpc) is 2.62. The summed E-state index contributed by atoms with van der Waals surface area (Å²) in [4.78, 5) is 12.3. The maximum Gasteiger partial charge on any atom is 0.246 e. The maximum atomic E-state index is 12.9. The number of sulfonamides is 1. The fraction of sp³-hybridized carbons (Fsp3) is 0.588. The monoisotopic (exact) mass is 370 g/mol. The van der Waals surface area contributed by atoms with E-state index in [0.29, 0.717) is 32.0 Å². The highest BCUT2D eigenvalue weighted by molar-refractivity contribution is 7.89. The average molecular weight is 370 g/mol. The zero-order chi connectivity index (χ0) is 18.4. The molecular weight excluding hydrogens is 344 g/mol. The molecule has 1 aliphatic rings. The summed E-state index contributed by atoms with van der Waals surface area (Å²) in [5.41, 5.74) is 0.445. The van der Waals surface area contributed by atoms with E-state index in [-0.39, 0.29) is 22.5 Å². The Hall–Kier alpha value is -1.64. The lowest BCUT2D eigenvalue weighted by molar-refractivity contribution is -0.119. The fourth-order valence-corrected chi connectivity index (χ4v) is 4.30. The molecule has 1 atom stereocenters. The van der Waals surface area contributed by atoms with Crippen LogP contribution in [0.5, 0.6) is 5.75 Å². The first-order chi connectivity index (χ1) is 11.9. The Morgan fingerprint density at radius 3 is 2.64 bits per heavy atom. The summed E-state index contributed by atoms with van der Waals surface area (Å²) in [7, 11) is -2.29. The molecule has 25 heavy (non-hydrogen) atoms. The Kier molecular flexibility index (Phi) is 6.80. The number of carbonyl (C=O) groups excluding carboxylic acids is 1. The third-order valence-corrected chi connectivity index (χ3v) is 6.11. The molecule has 0 bridgehead atoms. The van der Waals surface area contributed by atoms with E-state index in [1.807, 2.05) is 13.8 Å². The number of anilines is 1. The summed E-state index contributed by atoms with van der Waals surface area (Å²) in [6.45, 7) is 5.21. The van der Waals surface area contributed by atoms with Crippen LogP contribution in [0.1, 0.15) is 26.7 Å². The van der Waals surface area contributed by atoms with Gasteiger partial charge in [-0.25, -0.2) is 8.42 Å². The first-order valence-corrected chi connectivity index (χ1v) is 9.91. The van der Waals surface area contributed by atoms with Crippen LogP contribution in [-0.2, 0) is 19.6 Å². The first kappa shape index (κ1) is 19.7. The van der Waals surface area contributed by atoms with Crippen molar-refractivity contribution in [3.63, 3.8) is 0 Å². The molecule has 0 unspecified atom stereocenters. The Morgan fingerprint density at radius 1 is 1.36 bits per heavy atom. The number of rotatable bonds is 7. The normalized spacial score (nSPS) is 17.1. The van der Waals surface area contributed by atoms with Crippen LogP contribution in [-0.4, -0.2) is 52.0 Å². The largest absolute Gasteiger partial charge is 0.495 e. The third-order valence-electron chi connectivity index (χ3n) is 4.19. The van der Waals surface area contributed by atoms with Crippen molar-refractivity contribution >= 4 is 21.6 Å². The number of carbonyl (C=O) groups is 1. The second-order valence-electron chi connectivity index (χ2n) is 6.06. The van der Waals surface area contributed by atoms with Gasteiger partial charge in [0.05, 0.1) is 20.3 Å². The zero-order valence-electron chi connectivity index (χ0n) is 14.9. The van der Waals surface area contributed by atoms with Crippen molar-refractivity contribution in [3.8, 4) is 5.75 Å². The summed E-state index contributed by atoms with van der Waals surface area (Å²) < 4.78 is 37.6. The summed E-state index contributed by atoms with van der Waals surface area (Å²) >= 11 is 0. The highest BCUT2D eigenvalue weighted by Gasteiger charge is 2.29. The molecule has 0 aliphatic carbocycles. The quantitative estimate of drug-likeness (QED) is 0.794. The van der Waals surface area contributed by atoms with Gasteiger partial charge in [0.2, 0.25) is 15.9 Å². The van der Waals surface area contributed by atoms with Gasteiger partial charge in [-0.1, -0.05) is 20.3 Å². The number of methoxy groups -OCH3 is 1. The van der Waals surface area contributed by atoms with E-state index in [1.165, 1.54) is 17.5 Å². The number of amides is 1. The maximum absolute atomic E-state index is 12.9. The van der Waals surface area contributed by atoms with Crippen molar-refractivity contribution in [1.29, 1.82) is 0 Å². The molecule has 1 amide bonds. The van der Waals surface area contributed by atoms with Gasteiger partial charge in [-0.15, -0.1) is 0 Å². The second-order valence-corrected chi connectivity index (χ2v) is 7.97. The molecular formula is C17H26N2O5S. The van der Waals surface area contributed by atoms with Gasteiger partial charge in [0.15, 0.2) is 0 Å². The van der Waals surface area contributed by atoms with E-state index in [2.05, 4.69) is 5.32 Å². The molecule has 0 saturated carbocycles. The first-order valence-electron chi connectivity index (χ1n) is 8.47. The molecule has 2 rings (SSSR count). The number of morpholine rings is 1. The smallest absolute Gasteiger partial charge is 0.246 e. The molecule has 1 heterocycles. The summed E-state index contributed by atoms with van der Waals surface area (Å²) in [5, 5.41) is 2.79. The predicted molar refractivity (Wildman–Crippen MR) is 95.3 cm³/mol. The molecule has 1 aromatic rings. The van der Waals surface area contributed by atoms with Crippen molar-refractivity contribution in [2.24, 2.45) is 5.92 Å². The lowest BCUT2D eigenvalue weighted by atomic mass is 10.1. The number of nitrogens with one attached hydrogen (secondary N) is 1. The van der Waals surface area contributed by atoms with E-state index in [0.717, 1.165) is 12.8 Å². The minimum atomic E-state index is -3.72. The molecule has 7 nitrogen and oxygen atoms in total. The lowest BCUT2D eigenvalue weighted by Gasteiger charge is -2.27. The zero-order valence-corrected chi connectivity index (χ0v) is 15.8. The highest BCUT2D eigenvalue weighted by atomic mass is 32.2. The molecule has 1 N–H and O–H groups in total. The molecule has 140 valence electrons. The predicted octanol–water partition coefficient (Wildman–Crippen LogP) is 2.09. The van der Waals surface area contributed by atoms with Crippen molar-refractivity contribution < 1.29 is 22.7 Å². The van der Waals surface area contributed by atoms with Gasteiger partial charge in [0.25, 0.3) is 0 Å². The summed E-state index contributed by atoms with van der Waals surface area (Å²) in [5.74, 6) is -0.000707. The van der Waals surface area contributed by atoms with Crippen LogP contribution in [0.15, 0.2) is 23.1 Å². The van der Waals surface area contributed by atoms with E-state index in [4.69, 9.17) is 9.47 Å². The van der Waals surface area contributed by atoms with Gasteiger partial charge in [-0.2, -0.15) is 4.31 Å². The Balaban J connectivity index is 2.29. The van der Waals surface area contributed by atoms with Crippen LogP contribution in [0, 0.1) is 5.92 Å². The van der Waals surface area contributed by atoms with Crippen LogP contribution in [0.25, 0.3) is 0 Å². The Bertz CT molecular complexity index is 699. The molecule has 8 heteroatoms. The molecule has 0 aromatic heterocycles. The van der Waals surface area contributed by atoms with Crippen LogP contribution < -0.4 is 10.1 Å². The SMILES string of the molecule is CCC[C@H](C)C(=O)Nc1ccc(OC)c(S(=O)(=O)N2CCOCC2)c1.